The van der Waals surface area contributed by atoms with Gasteiger partial charge < -0.3 is 15.8 Å². The fourth-order valence-corrected chi connectivity index (χ4v) is 2.79. The van der Waals surface area contributed by atoms with Crippen molar-refractivity contribution in [3.63, 3.8) is 0 Å². The molecule has 1 aromatic rings. The molecule has 3 N–H and O–H groups in total. The first-order valence-corrected chi connectivity index (χ1v) is 7.36. The molecule has 0 saturated heterocycles. The van der Waals surface area contributed by atoms with Crippen LogP contribution in [0.25, 0.3) is 0 Å². The quantitative estimate of drug-likeness (QED) is 0.801. The van der Waals surface area contributed by atoms with Crippen LogP contribution in [-0.4, -0.2) is 19.1 Å². The molecule has 0 aliphatic heterocycles. The molecule has 2 rings (SSSR count). The second-order valence-corrected chi connectivity index (χ2v) is 5.70. The Morgan fingerprint density at radius 1 is 1.35 bits per heavy atom. The number of hydrogen-bond acceptors (Lipinski definition) is 3. The van der Waals surface area contributed by atoms with Crippen LogP contribution in [0.1, 0.15) is 31.7 Å². The number of nitrogens with one attached hydrogen (secondary N) is 1. The molecular formula is C16H24N2O2. The number of hydrogen-bond donors (Lipinski definition) is 2. The summed E-state index contributed by atoms with van der Waals surface area (Å²) in [6.07, 6.45) is 4.10. The van der Waals surface area contributed by atoms with Gasteiger partial charge in [-0.2, -0.15) is 0 Å². The van der Waals surface area contributed by atoms with Crippen molar-refractivity contribution in [1.82, 2.24) is 5.32 Å². The van der Waals surface area contributed by atoms with Crippen molar-refractivity contribution in [2.75, 3.05) is 13.2 Å². The number of amides is 1. The minimum Gasteiger partial charge on any atom is -0.484 e. The van der Waals surface area contributed by atoms with E-state index < -0.39 is 5.91 Å². The van der Waals surface area contributed by atoms with Gasteiger partial charge >= 0.3 is 0 Å². The first kappa shape index (κ1) is 14.9. The summed E-state index contributed by atoms with van der Waals surface area (Å²) in [5.74, 6) is 1.90. The van der Waals surface area contributed by atoms with Gasteiger partial charge in [-0.05, 0) is 42.5 Å². The predicted molar refractivity (Wildman–Crippen MR) is 79.3 cm³/mol. The molecule has 20 heavy (non-hydrogen) atoms. The molecule has 2 unspecified atom stereocenters. The van der Waals surface area contributed by atoms with Gasteiger partial charge in [0.05, 0.1) is 0 Å². The van der Waals surface area contributed by atoms with E-state index in [1.807, 2.05) is 24.3 Å². The van der Waals surface area contributed by atoms with E-state index in [-0.39, 0.29) is 6.61 Å². The Morgan fingerprint density at radius 3 is 2.70 bits per heavy atom. The lowest BCUT2D eigenvalue weighted by atomic mass is 9.98. The molecule has 0 bridgehead atoms. The van der Waals surface area contributed by atoms with Crippen LogP contribution in [-0.2, 0) is 11.3 Å². The summed E-state index contributed by atoms with van der Waals surface area (Å²) in [7, 11) is 0. The van der Waals surface area contributed by atoms with Crippen LogP contribution in [0.4, 0.5) is 0 Å². The molecule has 0 heterocycles. The smallest absolute Gasteiger partial charge is 0.255 e. The zero-order valence-electron chi connectivity index (χ0n) is 12.1. The maximum Gasteiger partial charge on any atom is 0.255 e. The highest BCUT2D eigenvalue weighted by Crippen LogP contribution is 2.30. The average molecular weight is 276 g/mol. The minimum absolute atomic E-state index is 0.0723. The van der Waals surface area contributed by atoms with Crippen molar-refractivity contribution in [2.24, 2.45) is 17.6 Å². The monoisotopic (exact) mass is 276 g/mol. The summed E-state index contributed by atoms with van der Waals surface area (Å²) in [5.41, 5.74) is 6.26. The molecule has 1 aromatic carbocycles. The number of nitrogens with two attached hydrogens (primary N) is 1. The Labute approximate surface area is 120 Å². The van der Waals surface area contributed by atoms with Crippen LogP contribution in [0.15, 0.2) is 24.3 Å². The molecule has 2 atom stereocenters. The van der Waals surface area contributed by atoms with E-state index in [0.717, 1.165) is 24.9 Å². The molecule has 1 aliphatic carbocycles. The molecule has 110 valence electrons. The van der Waals surface area contributed by atoms with Crippen molar-refractivity contribution in [3.05, 3.63) is 29.8 Å². The van der Waals surface area contributed by atoms with E-state index in [4.69, 9.17) is 10.5 Å². The van der Waals surface area contributed by atoms with E-state index >= 15 is 0 Å². The molecule has 1 amide bonds. The van der Waals surface area contributed by atoms with Gasteiger partial charge in [0.15, 0.2) is 6.61 Å². The van der Waals surface area contributed by atoms with E-state index in [1.54, 1.807) is 0 Å². The summed E-state index contributed by atoms with van der Waals surface area (Å²) in [6, 6.07) is 7.78. The minimum atomic E-state index is -0.457. The normalized spacial score (nSPS) is 21.9. The molecule has 4 nitrogen and oxygen atoms in total. The lowest BCUT2D eigenvalue weighted by molar-refractivity contribution is -0.119. The van der Waals surface area contributed by atoms with Crippen LogP contribution < -0.4 is 15.8 Å². The third-order valence-corrected chi connectivity index (χ3v) is 4.08. The first-order chi connectivity index (χ1) is 9.65. The summed E-state index contributed by atoms with van der Waals surface area (Å²) in [5, 5.41) is 3.53. The number of ether oxygens (including phenoxy) is 1. The molecule has 0 aromatic heterocycles. The lowest BCUT2D eigenvalue weighted by Crippen LogP contribution is -2.23. The molecule has 1 aliphatic rings. The molecule has 0 spiro atoms. The summed E-state index contributed by atoms with van der Waals surface area (Å²) in [4.78, 5) is 10.6. The van der Waals surface area contributed by atoms with Crippen molar-refractivity contribution < 1.29 is 9.53 Å². The Morgan fingerprint density at radius 2 is 2.10 bits per heavy atom. The molecule has 0 radical (unpaired) electrons. The van der Waals surface area contributed by atoms with E-state index in [9.17, 15) is 4.79 Å². The van der Waals surface area contributed by atoms with Crippen LogP contribution in [0.5, 0.6) is 5.75 Å². The number of rotatable bonds is 7. The highest BCUT2D eigenvalue weighted by molar-refractivity contribution is 5.75. The summed E-state index contributed by atoms with van der Waals surface area (Å²) >= 11 is 0. The maximum atomic E-state index is 10.6. The third-order valence-electron chi connectivity index (χ3n) is 4.08. The molecule has 4 heteroatoms. The second-order valence-electron chi connectivity index (χ2n) is 5.70. The largest absolute Gasteiger partial charge is 0.484 e. The highest BCUT2D eigenvalue weighted by Gasteiger charge is 2.22. The number of benzene rings is 1. The van der Waals surface area contributed by atoms with Gasteiger partial charge in [-0.15, -0.1) is 0 Å². The summed E-state index contributed by atoms with van der Waals surface area (Å²) < 4.78 is 5.23. The number of primary amides is 1. The first-order valence-electron chi connectivity index (χ1n) is 7.36. The predicted octanol–water partition coefficient (Wildman–Crippen LogP) is 2.08. The Kier molecular flexibility index (Phi) is 5.41. The highest BCUT2D eigenvalue weighted by atomic mass is 16.5. The molecule has 1 fully saturated rings. The molecule has 1 saturated carbocycles. The topological polar surface area (TPSA) is 64.3 Å². The SMILES string of the molecule is CC1CCCC1CNCc1ccc(OCC(N)=O)cc1. The van der Waals surface area contributed by atoms with Crippen LogP contribution in [0.2, 0.25) is 0 Å². The van der Waals surface area contributed by atoms with Gasteiger partial charge in [0.25, 0.3) is 5.91 Å². The Bertz CT molecular complexity index is 431. The fraction of sp³-hybridized carbons (Fsp3) is 0.562. The zero-order valence-corrected chi connectivity index (χ0v) is 12.1. The van der Waals surface area contributed by atoms with Crippen LogP contribution in [0.3, 0.4) is 0 Å². The van der Waals surface area contributed by atoms with Gasteiger partial charge in [0.2, 0.25) is 0 Å². The lowest BCUT2D eigenvalue weighted by Gasteiger charge is -2.16. The Hall–Kier alpha value is -1.55. The standard InChI is InChI=1S/C16H24N2O2/c1-12-3-2-4-14(12)10-18-9-13-5-7-15(8-6-13)20-11-16(17)19/h5-8,12,14,18H,2-4,9-11H2,1H3,(H2,17,19). The molecular weight excluding hydrogens is 252 g/mol. The van der Waals surface area contributed by atoms with Gasteiger partial charge in [0.1, 0.15) is 5.75 Å². The number of carbonyl (C=O) groups excluding carboxylic acids is 1. The zero-order chi connectivity index (χ0) is 14.4. The number of carbonyl (C=O) groups is 1. The van der Waals surface area contributed by atoms with Crippen LogP contribution in [0, 0.1) is 11.8 Å². The Balaban J connectivity index is 1.72. The third kappa shape index (κ3) is 4.53. The van der Waals surface area contributed by atoms with E-state index in [1.165, 1.54) is 24.8 Å². The van der Waals surface area contributed by atoms with E-state index in [0.29, 0.717) is 5.75 Å². The van der Waals surface area contributed by atoms with E-state index in [2.05, 4.69) is 12.2 Å². The van der Waals surface area contributed by atoms with Gasteiger partial charge in [-0.3, -0.25) is 4.79 Å². The van der Waals surface area contributed by atoms with Gasteiger partial charge in [-0.25, -0.2) is 0 Å². The van der Waals surface area contributed by atoms with Gasteiger partial charge in [-0.1, -0.05) is 31.9 Å². The van der Waals surface area contributed by atoms with Crippen molar-refractivity contribution >= 4 is 5.91 Å². The second kappa shape index (κ2) is 7.29. The fourth-order valence-electron chi connectivity index (χ4n) is 2.79. The maximum absolute atomic E-state index is 10.6. The summed E-state index contributed by atoms with van der Waals surface area (Å²) in [6.45, 7) is 4.25. The average Bonchev–Trinajstić information content (AvgIpc) is 2.83. The van der Waals surface area contributed by atoms with Crippen molar-refractivity contribution in [1.29, 1.82) is 0 Å². The van der Waals surface area contributed by atoms with Crippen LogP contribution >= 0.6 is 0 Å². The van der Waals surface area contributed by atoms with Crippen molar-refractivity contribution in [2.45, 2.75) is 32.7 Å². The van der Waals surface area contributed by atoms with Crippen molar-refractivity contribution in [3.8, 4) is 5.75 Å². The van der Waals surface area contributed by atoms with Gasteiger partial charge in [0, 0.05) is 6.54 Å².